The number of aromatic nitrogens is 1. The number of carbonyl (C=O) groups excluding carboxylic acids is 1. The lowest BCUT2D eigenvalue weighted by molar-refractivity contribution is 0.112. The fraction of sp³-hybridized carbons (Fsp3) is 0. The molecule has 0 saturated heterocycles. The van der Waals surface area contributed by atoms with Crippen molar-refractivity contribution in [2.75, 3.05) is 0 Å². The van der Waals surface area contributed by atoms with Gasteiger partial charge in [-0.05, 0) is 22.9 Å². The van der Waals surface area contributed by atoms with Crippen LogP contribution in [0.2, 0.25) is 0 Å². The van der Waals surface area contributed by atoms with Crippen molar-refractivity contribution in [2.24, 2.45) is 0 Å². The van der Waals surface area contributed by atoms with Gasteiger partial charge in [0.25, 0.3) is 0 Å². The summed E-state index contributed by atoms with van der Waals surface area (Å²) in [6.45, 7) is 0. The number of nitrogens with zero attached hydrogens (tertiary/aromatic N) is 1. The van der Waals surface area contributed by atoms with Gasteiger partial charge < -0.3 is 0 Å². The number of carbonyl (C=O) groups is 1. The average Bonchev–Trinajstić information content (AvgIpc) is 2.47. The van der Waals surface area contributed by atoms with Crippen molar-refractivity contribution in [2.45, 2.75) is 0 Å². The molecule has 0 spiro atoms. The third-order valence-electron chi connectivity index (χ3n) is 3.03. The summed E-state index contributed by atoms with van der Waals surface area (Å²) in [6, 6.07) is 17.5. The standard InChI is InChI=1S/C16H11NO/c18-11-12-8-9-15(16-7-3-4-10-17-16)14-6-2-1-5-13(12)14/h1-11H. The first kappa shape index (κ1) is 10.7. The zero-order valence-electron chi connectivity index (χ0n) is 9.71. The van der Waals surface area contributed by atoms with Crippen molar-refractivity contribution < 1.29 is 4.79 Å². The van der Waals surface area contributed by atoms with Crippen LogP contribution in [0.25, 0.3) is 22.0 Å². The minimum atomic E-state index is 0.713. The molecule has 2 aromatic carbocycles. The Morgan fingerprint density at radius 1 is 0.833 bits per heavy atom. The number of aldehydes is 1. The monoisotopic (exact) mass is 233 g/mol. The highest BCUT2D eigenvalue weighted by Crippen LogP contribution is 2.28. The predicted octanol–water partition coefficient (Wildman–Crippen LogP) is 3.71. The lowest BCUT2D eigenvalue weighted by Crippen LogP contribution is -1.88. The molecule has 86 valence electrons. The van der Waals surface area contributed by atoms with E-state index in [1.165, 1.54) is 0 Å². The van der Waals surface area contributed by atoms with Gasteiger partial charge in [0.15, 0.2) is 6.29 Å². The van der Waals surface area contributed by atoms with Gasteiger partial charge in [-0.3, -0.25) is 9.78 Å². The predicted molar refractivity (Wildman–Crippen MR) is 72.6 cm³/mol. The third-order valence-corrected chi connectivity index (χ3v) is 3.03. The Labute approximate surface area is 105 Å². The minimum absolute atomic E-state index is 0.713. The number of hydrogen-bond acceptors (Lipinski definition) is 2. The lowest BCUT2D eigenvalue weighted by Gasteiger charge is -2.07. The summed E-state index contributed by atoms with van der Waals surface area (Å²) in [5.74, 6) is 0. The maximum Gasteiger partial charge on any atom is 0.150 e. The highest BCUT2D eigenvalue weighted by molar-refractivity contribution is 6.04. The average molecular weight is 233 g/mol. The van der Waals surface area contributed by atoms with Gasteiger partial charge in [-0.1, -0.05) is 42.5 Å². The Hall–Kier alpha value is -2.48. The molecule has 1 aromatic heterocycles. The molecule has 3 aromatic rings. The van der Waals surface area contributed by atoms with E-state index < -0.39 is 0 Å². The molecule has 0 aliphatic heterocycles. The fourth-order valence-electron chi connectivity index (χ4n) is 2.17. The molecular formula is C16H11NO. The molecule has 0 saturated carbocycles. The van der Waals surface area contributed by atoms with Gasteiger partial charge in [0.05, 0.1) is 5.69 Å². The van der Waals surface area contributed by atoms with Crippen molar-refractivity contribution in [3.63, 3.8) is 0 Å². The van der Waals surface area contributed by atoms with Crippen molar-refractivity contribution in [1.29, 1.82) is 0 Å². The molecule has 0 bridgehead atoms. The van der Waals surface area contributed by atoms with Gasteiger partial charge in [0.1, 0.15) is 0 Å². The van der Waals surface area contributed by atoms with Gasteiger partial charge in [0.2, 0.25) is 0 Å². The molecule has 0 atom stereocenters. The molecule has 0 aliphatic rings. The summed E-state index contributed by atoms with van der Waals surface area (Å²) in [6.07, 6.45) is 2.67. The summed E-state index contributed by atoms with van der Waals surface area (Å²) in [4.78, 5) is 15.4. The summed E-state index contributed by atoms with van der Waals surface area (Å²) in [7, 11) is 0. The second-order valence-corrected chi connectivity index (χ2v) is 4.08. The smallest absolute Gasteiger partial charge is 0.150 e. The normalized spacial score (nSPS) is 10.4. The fourth-order valence-corrected chi connectivity index (χ4v) is 2.17. The Morgan fingerprint density at radius 3 is 2.33 bits per heavy atom. The first-order valence-electron chi connectivity index (χ1n) is 5.78. The molecule has 1 heterocycles. The maximum atomic E-state index is 11.1. The van der Waals surface area contributed by atoms with Gasteiger partial charge in [-0.25, -0.2) is 0 Å². The molecule has 18 heavy (non-hydrogen) atoms. The highest BCUT2D eigenvalue weighted by atomic mass is 16.1. The second-order valence-electron chi connectivity index (χ2n) is 4.08. The van der Waals surface area contributed by atoms with Crippen LogP contribution in [0.15, 0.2) is 60.8 Å². The minimum Gasteiger partial charge on any atom is -0.298 e. The van der Waals surface area contributed by atoms with Gasteiger partial charge >= 0.3 is 0 Å². The van der Waals surface area contributed by atoms with Crippen LogP contribution in [0.1, 0.15) is 10.4 Å². The van der Waals surface area contributed by atoms with Crippen molar-refractivity contribution in [3.8, 4) is 11.3 Å². The van der Waals surface area contributed by atoms with E-state index in [9.17, 15) is 4.79 Å². The van der Waals surface area contributed by atoms with Crippen molar-refractivity contribution >= 4 is 17.1 Å². The van der Waals surface area contributed by atoms with E-state index >= 15 is 0 Å². The van der Waals surface area contributed by atoms with Crippen LogP contribution < -0.4 is 0 Å². The molecule has 0 fully saturated rings. The highest BCUT2D eigenvalue weighted by Gasteiger charge is 2.07. The molecule has 0 amide bonds. The number of fused-ring (bicyclic) bond motifs is 1. The van der Waals surface area contributed by atoms with E-state index in [1.807, 2.05) is 54.6 Å². The summed E-state index contributed by atoms with van der Waals surface area (Å²) < 4.78 is 0. The van der Waals surface area contributed by atoms with Crippen LogP contribution in [0.3, 0.4) is 0 Å². The third kappa shape index (κ3) is 1.68. The molecule has 2 nitrogen and oxygen atoms in total. The van der Waals surface area contributed by atoms with E-state index in [0.717, 1.165) is 28.3 Å². The van der Waals surface area contributed by atoms with E-state index in [-0.39, 0.29) is 0 Å². The molecule has 0 N–H and O–H groups in total. The van der Waals surface area contributed by atoms with Crippen LogP contribution in [0.5, 0.6) is 0 Å². The van der Waals surface area contributed by atoms with Gasteiger partial charge in [-0.2, -0.15) is 0 Å². The van der Waals surface area contributed by atoms with Crippen LogP contribution in [0, 0.1) is 0 Å². The van der Waals surface area contributed by atoms with Crippen LogP contribution >= 0.6 is 0 Å². The summed E-state index contributed by atoms with van der Waals surface area (Å²) in [5, 5.41) is 2.02. The molecule has 0 radical (unpaired) electrons. The van der Waals surface area contributed by atoms with E-state index in [0.29, 0.717) is 5.56 Å². The quantitative estimate of drug-likeness (QED) is 0.631. The Kier molecular flexibility index (Phi) is 2.61. The van der Waals surface area contributed by atoms with E-state index in [4.69, 9.17) is 0 Å². The Balaban J connectivity index is 2.35. The molecule has 0 unspecified atom stereocenters. The Morgan fingerprint density at radius 2 is 1.61 bits per heavy atom. The topological polar surface area (TPSA) is 30.0 Å². The SMILES string of the molecule is O=Cc1ccc(-c2ccccn2)c2ccccc12. The summed E-state index contributed by atoms with van der Waals surface area (Å²) >= 11 is 0. The zero-order chi connectivity index (χ0) is 12.4. The van der Waals surface area contributed by atoms with Gasteiger partial charge in [-0.15, -0.1) is 0 Å². The number of pyridine rings is 1. The first-order chi connectivity index (χ1) is 8.90. The van der Waals surface area contributed by atoms with Crippen molar-refractivity contribution in [1.82, 2.24) is 4.98 Å². The molecule has 2 heteroatoms. The van der Waals surface area contributed by atoms with Crippen LogP contribution in [-0.2, 0) is 0 Å². The number of benzene rings is 2. The lowest BCUT2D eigenvalue weighted by atomic mass is 9.98. The molecule has 3 rings (SSSR count). The maximum absolute atomic E-state index is 11.1. The summed E-state index contributed by atoms with van der Waals surface area (Å²) in [5.41, 5.74) is 2.69. The Bertz CT molecular complexity index is 705. The number of rotatable bonds is 2. The van der Waals surface area contributed by atoms with Gasteiger partial charge in [0, 0.05) is 17.3 Å². The van der Waals surface area contributed by atoms with Crippen LogP contribution in [-0.4, -0.2) is 11.3 Å². The van der Waals surface area contributed by atoms with E-state index in [1.54, 1.807) is 6.20 Å². The van der Waals surface area contributed by atoms with Crippen LogP contribution in [0.4, 0.5) is 0 Å². The van der Waals surface area contributed by atoms with E-state index in [2.05, 4.69) is 4.98 Å². The number of hydrogen-bond donors (Lipinski definition) is 0. The molecular weight excluding hydrogens is 222 g/mol. The molecule has 0 aliphatic carbocycles. The first-order valence-corrected chi connectivity index (χ1v) is 5.78. The zero-order valence-corrected chi connectivity index (χ0v) is 9.71. The van der Waals surface area contributed by atoms with Crippen molar-refractivity contribution in [3.05, 3.63) is 66.4 Å². The largest absolute Gasteiger partial charge is 0.298 e. The second kappa shape index (κ2) is 4.41.